The van der Waals surface area contributed by atoms with Gasteiger partial charge in [0.25, 0.3) is 5.91 Å². The first-order chi connectivity index (χ1) is 11.5. The molecule has 1 aromatic carbocycles. The SMILES string of the molecule is CC(C)C1CN(C(=O)c2ccc(O)c(Cl)c2)CCCN1CC1CC1. The first kappa shape index (κ1) is 17.6. The molecule has 1 saturated heterocycles. The van der Waals surface area contributed by atoms with E-state index in [1.165, 1.54) is 25.5 Å². The summed E-state index contributed by atoms with van der Waals surface area (Å²) in [5.74, 6) is 1.40. The molecule has 0 bridgehead atoms. The third-order valence-corrected chi connectivity index (χ3v) is 5.49. The van der Waals surface area contributed by atoms with E-state index < -0.39 is 0 Å². The van der Waals surface area contributed by atoms with Gasteiger partial charge in [-0.1, -0.05) is 25.4 Å². The van der Waals surface area contributed by atoms with Crippen molar-refractivity contribution in [2.45, 2.75) is 39.2 Å². The van der Waals surface area contributed by atoms with Crippen molar-refractivity contribution in [1.29, 1.82) is 0 Å². The van der Waals surface area contributed by atoms with E-state index in [9.17, 15) is 9.90 Å². The molecule has 3 rings (SSSR count). The van der Waals surface area contributed by atoms with Gasteiger partial charge in [0.05, 0.1) is 5.02 Å². The molecule has 1 aliphatic heterocycles. The van der Waals surface area contributed by atoms with Crippen LogP contribution in [0.2, 0.25) is 5.02 Å². The van der Waals surface area contributed by atoms with Gasteiger partial charge in [-0.15, -0.1) is 0 Å². The summed E-state index contributed by atoms with van der Waals surface area (Å²) in [6.07, 6.45) is 3.72. The van der Waals surface area contributed by atoms with Crippen LogP contribution in [-0.2, 0) is 0 Å². The molecule has 5 heteroatoms. The Morgan fingerprint density at radius 2 is 2.08 bits per heavy atom. The Morgan fingerprint density at radius 3 is 2.71 bits per heavy atom. The predicted octanol–water partition coefficient (Wildman–Crippen LogP) is 3.63. The maximum absolute atomic E-state index is 12.9. The van der Waals surface area contributed by atoms with Gasteiger partial charge in [0.1, 0.15) is 5.75 Å². The van der Waals surface area contributed by atoms with Crippen LogP contribution < -0.4 is 0 Å². The smallest absolute Gasteiger partial charge is 0.253 e. The fraction of sp³-hybridized carbons (Fsp3) is 0.632. The number of hydrogen-bond acceptors (Lipinski definition) is 3. The number of hydrogen-bond donors (Lipinski definition) is 1. The monoisotopic (exact) mass is 350 g/mol. The number of halogens is 1. The van der Waals surface area contributed by atoms with Gasteiger partial charge in [-0.25, -0.2) is 0 Å². The summed E-state index contributed by atoms with van der Waals surface area (Å²) in [5, 5.41) is 9.78. The summed E-state index contributed by atoms with van der Waals surface area (Å²) < 4.78 is 0. The lowest BCUT2D eigenvalue weighted by Gasteiger charge is -2.34. The van der Waals surface area contributed by atoms with Gasteiger partial charge >= 0.3 is 0 Å². The highest BCUT2D eigenvalue weighted by Crippen LogP contribution is 2.32. The summed E-state index contributed by atoms with van der Waals surface area (Å²) in [5.41, 5.74) is 0.552. The first-order valence-corrected chi connectivity index (χ1v) is 9.35. The molecular weight excluding hydrogens is 324 g/mol. The highest BCUT2D eigenvalue weighted by molar-refractivity contribution is 6.32. The van der Waals surface area contributed by atoms with Crippen molar-refractivity contribution in [1.82, 2.24) is 9.80 Å². The van der Waals surface area contributed by atoms with E-state index in [4.69, 9.17) is 11.6 Å². The largest absolute Gasteiger partial charge is 0.506 e. The lowest BCUT2D eigenvalue weighted by Crippen LogP contribution is -2.46. The minimum absolute atomic E-state index is 0.0100. The van der Waals surface area contributed by atoms with E-state index in [0.29, 0.717) is 17.5 Å². The second kappa shape index (κ2) is 7.32. The van der Waals surface area contributed by atoms with E-state index in [0.717, 1.165) is 32.0 Å². The molecule has 2 fully saturated rings. The fourth-order valence-electron chi connectivity index (χ4n) is 3.56. The average Bonchev–Trinajstić information content (AvgIpc) is 3.36. The van der Waals surface area contributed by atoms with E-state index in [1.807, 2.05) is 4.90 Å². The van der Waals surface area contributed by atoms with Crippen molar-refractivity contribution in [3.8, 4) is 5.75 Å². The first-order valence-electron chi connectivity index (χ1n) is 8.97. The number of nitrogens with zero attached hydrogens (tertiary/aromatic N) is 2. The number of phenols is 1. The van der Waals surface area contributed by atoms with Gasteiger partial charge in [0.2, 0.25) is 0 Å². The Balaban J connectivity index is 1.74. The van der Waals surface area contributed by atoms with Crippen molar-refractivity contribution >= 4 is 17.5 Å². The lowest BCUT2D eigenvalue weighted by molar-refractivity contribution is 0.0704. The van der Waals surface area contributed by atoms with Crippen LogP contribution in [0.25, 0.3) is 0 Å². The molecule has 1 amide bonds. The average molecular weight is 351 g/mol. The highest BCUT2D eigenvalue weighted by Gasteiger charge is 2.33. The summed E-state index contributed by atoms with van der Waals surface area (Å²) in [6, 6.07) is 5.12. The Hall–Kier alpha value is -1.26. The van der Waals surface area contributed by atoms with Crippen LogP contribution in [0.1, 0.15) is 43.5 Å². The molecule has 132 valence electrons. The predicted molar refractivity (Wildman–Crippen MR) is 96.6 cm³/mol. The van der Waals surface area contributed by atoms with Crippen LogP contribution in [0.5, 0.6) is 5.75 Å². The van der Waals surface area contributed by atoms with Crippen LogP contribution in [0.15, 0.2) is 18.2 Å². The zero-order valence-corrected chi connectivity index (χ0v) is 15.3. The zero-order chi connectivity index (χ0) is 17.3. The summed E-state index contributed by atoms with van der Waals surface area (Å²) in [4.78, 5) is 17.4. The molecule has 4 nitrogen and oxygen atoms in total. The quantitative estimate of drug-likeness (QED) is 0.901. The number of rotatable bonds is 4. The van der Waals surface area contributed by atoms with E-state index in [-0.39, 0.29) is 16.7 Å². The van der Waals surface area contributed by atoms with Crippen molar-refractivity contribution in [2.75, 3.05) is 26.2 Å². The van der Waals surface area contributed by atoms with Crippen molar-refractivity contribution in [3.05, 3.63) is 28.8 Å². The van der Waals surface area contributed by atoms with Crippen LogP contribution in [-0.4, -0.2) is 53.0 Å². The molecule has 2 aliphatic rings. The van der Waals surface area contributed by atoms with Crippen molar-refractivity contribution in [3.63, 3.8) is 0 Å². The molecule has 1 N–H and O–H groups in total. The van der Waals surface area contributed by atoms with Crippen LogP contribution in [0, 0.1) is 11.8 Å². The zero-order valence-electron chi connectivity index (χ0n) is 14.5. The molecule has 0 aromatic heterocycles. The third kappa shape index (κ3) is 4.04. The second-order valence-electron chi connectivity index (χ2n) is 7.52. The van der Waals surface area contributed by atoms with Gasteiger partial charge < -0.3 is 10.0 Å². The standard InChI is InChI=1S/C19H27ClN2O2/c1-13(2)17-12-22(9-3-8-21(17)11-14-4-5-14)19(24)15-6-7-18(23)16(20)10-15/h6-7,10,13-14,17,23H,3-5,8-9,11-12H2,1-2H3. The highest BCUT2D eigenvalue weighted by atomic mass is 35.5. The third-order valence-electron chi connectivity index (χ3n) is 5.19. The topological polar surface area (TPSA) is 43.8 Å². The number of carbonyl (C=O) groups excluding carboxylic acids is 1. The van der Waals surface area contributed by atoms with E-state index in [1.54, 1.807) is 12.1 Å². The van der Waals surface area contributed by atoms with Crippen molar-refractivity contribution in [2.24, 2.45) is 11.8 Å². The number of phenolic OH excluding ortho intramolecular Hbond substituents is 1. The van der Waals surface area contributed by atoms with Gasteiger partial charge in [-0.2, -0.15) is 0 Å². The molecule has 1 aliphatic carbocycles. The summed E-state index contributed by atoms with van der Waals surface area (Å²) >= 11 is 5.97. The van der Waals surface area contributed by atoms with Crippen molar-refractivity contribution < 1.29 is 9.90 Å². The van der Waals surface area contributed by atoms with Crippen LogP contribution >= 0.6 is 11.6 Å². The molecule has 0 radical (unpaired) electrons. The van der Waals surface area contributed by atoms with Gasteiger partial charge in [0.15, 0.2) is 0 Å². The minimum atomic E-state index is 0.0100. The number of carbonyl (C=O) groups is 1. The van der Waals surface area contributed by atoms with Gasteiger partial charge in [0, 0.05) is 37.8 Å². The fourth-order valence-corrected chi connectivity index (χ4v) is 3.74. The molecule has 1 heterocycles. The maximum atomic E-state index is 12.9. The Morgan fingerprint density at radius 1 is 1.33 bits per heavy atom. The summed E-state index contributed by atoms with van der Waals surface area (Å²) in [6.45, 7) is 8.28. The Labute approximate surface area is 149 Å². The number of amides is 1. The normalized spacial score (nSPS) is 22.7. The molecule has 1 saturated carbocycles. The Bertz CT molecular complexity index is 601. The molecular formula is C19H27ClN2O2. The van der Waals surface area contributed by atoms with E-state index >= 15 is 0 Å². The minimum Gasteiger partial charge on any atom is -0.506 e. The summed E-state index contributed by atoms with van der Waals surface area (Å²) in [7, 11) is 0. The van der Waals surface area contributed by atoms with E-state index in [2.05, 4.69) is 18.7 Å². The van der Waals surface area contributed by atoms with Gasteiger partial charge in [-0.05, 0) is 49.3 Å². The van der Waals surface area contributed by atoms with Crippen LogP contribution in [0.3, 0.4) is 0 Å². The number of aromatic hydroxyl groups is 1. The molecule has 1 unspecified atom stereocenters. The lowest BCUT2D eigenvalue weighted by atomic mass is 10.0. The molecule has 1 aromatic rings. The molecule has 24 heavy (non-hydrogen) atoms. The molecule has 1 atom stereocenters. The number of benzene rings is 1. The Kier molecular flexibility index (Phi) is 5.36. The van der Waals surface area contributed by atoms with Gasteiger partial charge in [-0.3, -0.25) is 9.69 Å². The molecule has 0 spiro atoms. The second-order valence-corrected chi connectivity index (χ2v) is 7.93. The maximum Gasteiger partial charge on any atom is 0.253 e. The van der Waals surface area contributed by atoms with Crippen LogP contribution in [0.4, 0.5) is 0 Å².